The fraction of sp³-hybridized carbons (Fsp3) is 0.353. The van der Waals surface area contributed by atoms with Crippen molar-refractivity contribution in [3.63, 3.8) is 0 Å². The van der Waals surface area contributed by atoms with E-state index in [0.717, 1.165) is 28.7 Å². The molecule has 122 valence electrons. The molecule has 0 aliphatic heterocycles. The van der Waals surface area contributed by atoms with Crippen LogP contribution in [0.4, 0.5) is 0 Å². The SMILES string of the molecule is C=CCn1c(SCCCC(=O)OCC)nnc1-c1ccccc1. The van der Waals surface area contributed by atoms with Gasteiger partial charge in [0.1, 0.15) is 0 Å². The van der Waals surface area contributed by atoms with Crippen molar-refractivity contribution in [2.45, 2.75) is 31.5 Å². The minimum atomic E-state index is -0.148. The monoisotopic (exact) mass is 331 g/mol. The van der Waals surface area contributed by atoms with Crippen molar-refractivity contribution in [1.82, 2.24) is 14.8 Å². The predicted molar refractivity (Wildman–Crippen MR) is 92.2 cm³/mol. The molecule has 2 rings (SSSR count). The molecule has 0 unspecified atom stereocenters. The van der Waals surface area contributed by atoms with E-state index in [0.29, 0.717) is 19.6 Å². The molecule has 0 aliphatic carbocycles. The van der Waals surface area contributed by atoms with Gasteiger partial charge in [-0.25, -0.2) is 0 Å². The van der Waals surface area contributed by atoms with Crippen LogP contribution in [0.3, 0.4) is 0 Å². The lowest BCUT2D eigenvalue weighted by Crippen LogP contribution is -2.04. The first-order chi connectivity index (χ1) is 11.3. The quantitative estimate of drug-likeness (QED) is 0.304. The van der Waals surface area contributed by atoms with E-state index in [2.05, 4.69) is 16.8 Å². The highest BCUT2D eigenvalue weighted by atomic mass is 32.2. The van der Waals surface area contributed by atoms with Crippen LogP contribution in [0.5, 0.6) is 0 Å². The third-order valence-electron chi connectivity index (χ3n) is 3.12. The predicted octanol–water partition coefficient (Wildman–Crippen LogP) is 3.57. The Balaban J connectivity index is 2.00. The van der Waals surface area contributed by atoms with Gasteiger partial charge in [-0.05, 0) is 13.3 Å². The lowest BCUT2D eigenvalue weighted by Gasteiger charge is -2.07. The minimum absolute atomic E-state index is 0.148. The highest BCUT2D eigenvalue weighted by Gasteiger charge is 2.13. The zero-order valence-corrected chi connectivity index (χ0v) is 14.1. The molecule has 0 fully saturated rings. The molecule has 0 saturated heterocycles. The molecule has 1 aromatic carbocycles. The average Bonchev–Trinajstić information content (AvgIpc) is 2.96. The van der Waals surface area contributed by atoms with Gasteiger partial charge in [0.2, 0.25) is 0 Å². The molecular formula is C17H21N3O2S. The number of carbonyl (C=O) groups excluding carboxylic acids is 1. The van der Waals surface area contributed by atoms with Crippen LogP contribution in [-0.4, -0.2) is 33.1 Å². The van der Waals surface area contributed by atoms with Crippen LogP contribution < -0.4 is 0 Å². The van der Waals surface area contributed by atoms with Gasteiger partial charge in [-0.3, -0.25) is 9.36 Å². The van der Waals surface area contributed by atoms with Gasteiger partial charge in [0, 0.05) is 24.3 Å². The number of aromatic nitrogens is 3. The number of thioether (sulfide) groups is 1. The summed E-state index contributed by atoms with van der Waals surface area (Å²) in [7, 11) is 0. The van der Waals surface area contributed by atoms with Gasteiger partial charge in [0.05, 0.1) is 6.61 Å². The maximum Gasteiger partial charge on any atom is 0.305 e. The number of hydrogen-bond donors (Lipinski definition) is 0. The normalized spacial score (nSPS) is 10.5. The Kier molecular flexibility index (Phi) is 6.87. The van der Waals surface area contributed by atoms with E-state index >= 15 is 0 Å². The molecule has 1 aromatic heterocycles. The molecule has 6 heteroatoms. The zero-order valence-electron chi connectivity index (χ0n) is 13.3. The van der Waals surface area contributed by atoms with Crippen LogP contribution >= 0.6 is 11.8 Å². The van der Waals surface area contributed by atoms with Crippen LogP contribution in [0.2, 0.25) is 0 Å². The Hall–Kier alpha value is -2.08. The first-order valence-corrected chi connectivity index (χ1v) is 8.62. The lowest BCUT2D eigenvalue weighted by atomic mass is 10.2. The van der Waals surface area contributed by atoms with Crippen molar-refractivity contribution in [1.29, 1.82) is 0 Å². The lowest BCUT2D eigenvalue weighted by molar-refractivity contribution is -0.143. The van der Waals surface area contributed by atoms with Crippen LogP contribution in [0.15, 0.2) is 48.1 Å². The Morgan fingerprint density at radius 1 is 1.35 bits per heavy atom. The van der Waals surface area contributed by atoms with Gasteiger partial charge in [-0.15, -0.1) is 16.8 Å². The maximum atomic E-state index is 11.3. The van der Waals surface area contributed by atoms with E-state index in [-0.39, 0.29) is 5.97 Å². The molecule has 5 nitrogen and oxygen atoms in total. The molecule has 0 spiro atoms. The van der Waals surface area contributed by atoms with Crippen molar-refractivity contribution in [2.75, 3.05) is 12.4 Å². The summed E-state index contributed by atoms with van der Waals surface area (Å²) in [6, 6.07) is 9.96. The number of benzene rings is 1. The first-order valence-electron chi connectivity index (χ1n) is 7.64. The molecule has 0 N–H and O–H groups in total. The smallest absolute Gasteiger partial charge is 0.305 e. The molecule has 0 bridgehead atoms. The molecule has 0 saturated carbocycles. The maximum absolute atomic E-state index is 11.3. The summed E-state index contributed by atoms with van der Waals surface area (Å²) in [5.74, 6) is 1.48. The number of rotatable bonds is 9. The van der Waals surface area contributed by atoms with E-state index in [4.69, 9.17) is 4.74 Å². The first kappa shape index (κ1) is 17.3. The Morgan fingerprint density at radius 2 is 2.13 bits per heavy atom. The summed E-state index contributed by atoms with van der Waals surface area (Å²) in [6.07, 6.45) is 3.02. The Morgan fingerprint density at radius 3 is 2.83 bits per heavy atom. The van der Waals surface area contributed by atoms with Crippen LogP contribution in [0.1, 0.15) is 19.8 Å². The van der Waals surface area contributed by atoms with E-state index in [1.165, 1.54) is 0 Å². The summed E-state index contributed by atoms with van der Waals surface area (Å²) in [4.78, 5) is 11.3. The summed E-state index contributed by atoms with van der Waals surface area (Å²) < 4.78 is 6.96. The van der Waals surface area contributed by atoms with Crippen LogP contribution in [0.25, 0.3) is 11.4 Å². The van der Waals surface area contributed by atoms with Gasteiger partial charge < -0.3 is 4.74 Å². The van der Waals surface area contributed by atoms with E-state index in [9.17, 15) is 4.79 Å². The van der Waals surface area contributed by atoms with Gasteiger partial charge in [-0.2, -0.15) is 0 Å². The largest absolute Gasteiger partial charge is 0.466 e. The second-order valence-electron chi connectivity index (χ2n) is 4.83. The minimum Gasteiger partial charge on any atom is -0.466 e. The summed E-state index contributed by atoms with van der Waals surface area (Å²) in [6.45, 7) is 6.70. The number of ether oxygens (including phenoxy) is 1. The van der Waals surface area contributed by atoms with Gasteiger partial charge in [0.25, 0.3) is 0 Å². The van der Waals surface area contributed by atoms with E-state index in [1.807, 2.05) is 47.9 Å². The van der Waals surface area contributed by atoms with Crippen molar-refractivity contribution >= 4 is 17.7 Å². The number of allylic oxidation sites excluding steroid dienone is 1. The summed E-state index contributed by atoms with van der Waals surface area (Å²) in [5, 5.41) is 9.42. The van der Waals surface area contributed by atoms with Gasteiger partial charge >= 0.3 is 5.97 Å². The number of esters is 1. The molecule has 1 heterocycles. The molecule has 2 aromatic rings. The van der Waals surface area contributed by atoms with E-state index < -0.39 is 0 Å². The van der Waals surface area contributed by atoms with Gasteiger partial charge in [0.15, 0.2) is 11.0 Å². The summed E-state index contributed by atoms with van der Waals surface area (Å²) in [5.41, 5.74) is 1.03. The van der Waals surface area contributed by atoms with Crippen molar-refractivity contribution in [2.24, 2.45) is 0 Å². The fourth-order valence-electron chi connectivity index (χ4n) is 2.10. The van der Waals surface area contributed by atoms with Gasteiger partial charge in [-0.1, -0.05) is 48.2 Å². The van der Waals surface area contributed by atoms with Crippen LogP contribution in [0, 0.1) is 0 Å². The highest BCUT2D eigenvalue weighted by molar-refractivity contribution is 7.99. The fourth-order valence-corrected chi connectivity index (χ4v) is 2.99. The molecular weight excluding hydrogens is 310 g/mol. The van der Waals surface area contributed by atoms with Crippen molar-refractivity contribution < 1.29 is 9.53 Å². The average molecular weight is 331 g/mol. The third kappa shape index (κ3) is 4.96. The molecule has 0 atom stereocenters. The second-order valence-corrected chi connectivity index (χ2v) is 5.89. The second kappa shape index (κ2) is 9.15. The standard InChI is InChI=1S/C17H21N3O2S/c1-3-12-20-16(14-9-6-5-7-10-14)18-19-17(20)23-13-8-11-15(21)22-4-2/h3,5-7,9-10H,1,4,8,11-13H2,2H3. The van der Waals surface area contributed by atoms with E-state index in [1.54, 1.807) is 11.8 Å². The topological polar surface area (TPSA) is 57.0 Å². The Labute approximate surface area is 140 Å². The number of carbonyl (C=O) groups is 1. The van der Waals surface area contributed by atoms with Crippen LogP contribution in [-0.2, 0) is 16.1 Å². The number of nitrogens with zero attached hydrogens (tertiary/aromatic N) is 3. The van der Waals surface area contributed by atoms with Crippen molar-refractivity contribution in [3.05, 3.63) is 43.0 Å². The Bertz CT molecular complexity index is 641. The van der Waals surface area contributed by atoms with Crippen molar-refractivity contribution in [3.8, 4) is 11.4 Å². The molecule has 0 radical (unpaired) electrons. The summed E-state index contributed by atoms with van der Waals surface area (Å²) >= 11 is 1.60. The third-order valence-corrected chi connectivity index (χ3v) is 4.18. The molecule has 0 aliphatic rings. The zero-order chi connectivity index (χ0) is 16.5. The molecule has 0 amide bonds. The molecule has 23 heavy (non-hydrogen) atoms. The highest BCUT2D eigenvalue weighted by Crippen LogP contribution is 2.24. The number of hydrogen-bond acceptors (Lipinski definition) is 5.